The Morgan fingerprint density at radius 1 is 0.706 bits per heavy atom. The van der Waals surface area contributed by atoms with E-state index in [1.54, 1.807) is 55.4 Å². The minimum absolute atomic E-state index is 0.0807. The number of halogens is 1. The highest BCUT2D eigenvalue weighted by atomic mass is 35.5. The van der Waals surface area contributed by atoms with Crippen molar-refractivity contribution in [2.24, 2.45) is 10.8 Å². The number of aliphatic hydroxyl groups is 1. The molecule has 4 rings (SSSR count). The highest BCUT2D eigenvalue weighted by Gasteiger charge is 2.43. The molecule has 0 saturated heterocycles. The topological polar surface area (TPSA) is 122 Å². The summed E-state index contributed by atoms with van der Waals surface area (Å²) in [4.78, 5) is 47.5. The van der Waals surface area contributed by atoms with Gasteiger partial charge >= 0.3 is 5.97 Å². The molecule has 0 saturated carbocycles. The maximum absolute atomic E-state index is 12.7. The van der Waals surface area contributed by atoms with Gasteiger partial charge in [0.25, 0.3) is 11.8 Å². The quantitative estimate of drug-likeness (QED) is 0.170. The van der Waals surface area contributed by atoms with Gasteiger partial charge in [-0.15, -0.1) is 12.8 Å². The molecule has 272 valence electrons. The molecule has 0 bridgehead atoms. The van der Waals surface area contributed by atoms with Crippen LogP contribution in [0.15, 0.2) is 35.8 Å². The lowest BCUT2D eigenvalue weighted by Crippen LogP contribution is -2.40. The molecule has 0 radical (unpaired) electrons. The number of benzene rings is 2. The highest BCUT2D eigenvalue weighted by Crippen LogP contribution is 2.38. The summed E-state index contributed by atoms with van der Waals surface area (Å²) in [6, 6.07) is 7.41. The first-order valence-electron chi connectivity index (χ1n) is 16.5. The fraction of sp³-hybridized carbons (Fsp3) is 0.429. The van der Waals surface area contributed by atoms with Crippen LogP contribution in [-0.2, 0) is 23.9 Å². The maximum Gasteiger partial charge on any atom is 0.316 e. The largest absolute Gasteiger partial charge is 0.509 e. The number of nitrogens with one attached hydrogen (secondary N) is 2. The predicted molar refractivity (Wildman–Crippen MR) is 204 cm³/mol. The standard InChI is InChI=1S/C21H25NO3.C16H17NO2.C5H9ClO/c1-9-14-10-12(2)15(13(3)11-14)16-17(21(7,8)22-18(16)23)25-19(24)20(4,5)6;1-6-11-7-9(2)12(10(3)8-11)13-14(18)16(4,5)17-15(13)19;1-5(2,3)4(6)7/h1,10-11H,2-8H3,(H,22,23);1,7-8,18H,2-5H3,(H,17,19);1-3H3. The molecule has 3 N–H and O–H groups in total. The van der Waals surface area contributed by atoms with E-state index in [-0.39, 0.29) is 34.2 Å². The normalized spacial score (nSPS) is 16.1. The lowest BCUT2D eigenvalue weighted by Gasteiger charge is -2.25. The van der Waals surface area contributed by atoms with E-state index in [2.05, 4.69) is 22.5 Å². The van der Waals surface area contributed by atoms with Crippen molar-refractivity contribution in [3.8, 4) is 24.7 Å². The summed E-state index contributed by atoms with van der Waals surface area (Å²) in [7, 11) is 0. The zero-order valence-corrected chi connectivity index (χ0v) is 33.1. The number of carbonyl (C=O) groups excluding carboxylic acids is 4. The molecule has 0 aromatic heterocycles. The van der Waals surface area contributed by atoms with Crippen molar-refractivity contribution >= 4 is 45.8 Å². The van der Waals surface area contributed by atoms with Crippen molar-refractivity contribution in [1.29, 1.82) is 0 Å². The number of ether oxygens (including phenoxy) is 1. The molecule has 9 heteroatoms. The molecule has 2 aromatic rings. The third-order valence-corrected chi connectivity index (χ3v) is 8.79. The van der Waals surface area contributed by atoms with E-state index in [1.807, 2.05) is 65.8 Å². The van der Waals surface area contributed by atoms with Crippen LogP contribution in [0.3, 0.4) is 0 Å². The summed E-state index contributed by atoms with van der Waals surface area (Å²) in [5, 5.41) is 15.7. The van der Waals surface area contributed by atoms with Crippen molar-refractivity contribution in [2.45, 2.75) is 108 Å². The van der Waals surface area contributed by atoms with Crippen LogP contribution in [0.2, 0.25) is 0 Å². The Kier molecular flexibility index (Phi) is 12.6. The average Bonchev–Trinajstić information content (AvgIpc) is 3.32. The number of terminal acetylenes is 2. The molecule has 0 atom stereocenters. The van der Waals surface area contributed by atoms with Crippen LogP contribution in [0, 0.1) is 63.2 Å². The van der Waals surface area contributed by atoms with E-state index in [9.17, 15) is 24.3 Å². The van der Waals surface area contributed by atoms with E-state index in [0.29, 0.717) is 16.9 Å². The van der Waals surface area contributed by atoms with Gasteiger partial charge in [-0.1, -0.05) is 32.6 Å². The Labute approximate surface area is 308 Å². The van der Waals surface area contributed by atoms with Crippen LogP contribution in [0.25, 0.3) is 11.1 Å². The van der Waals surface area contributed by atoms with Gasteiger partial charge in [-0.3, -0.25) is 19.2 Å². The molecule has 2 aliphatic heterocycles. The molecule has 51 heavy (non-hydrogen) atoms. The number of amides is 2. The third kappa shape index (κ3) is 9.72. The van der Waals surface area contributed by atoms with Crippen LogP contribution in [0.4, 0.5) is 0 Å². The SMILES string of the molecule is C#Cc1cc(C)c(C2=C(O)C(C)(C)NC2=O)c(C)c1.C#Cc1cc(C)c(C2=C(OC(=O)C(C)(C)C)C(C)(C)NC2=O)c(C)c1.CC(C)(C)C(=O)Cl. The average molecular weight is 715 g/mol. The smallest absolute Gasteiger partial charge is 0.316 e. The van der Waals surface area contributed by atoms with E-state index in [0.717, 1.165) is 44.5 Å². The Bertz CT molecular complexity index is 1890. The Balaban J connectivity index is 0.000000305. The molecule has 0 spiro atoms. The molecule has 0 unspecified atom stereocenters. The van der Waals surface area contributed by atoms with Gasteiger partial charge in [0.15, 0.2) is 0 Å². The van der Waals surface area contributed by atoms with E-state index in [4.69, 9.17) is 29.2 Å². The minimum Gasteiger partial charge on any atom is -0.509 e. The van der Waals surface area contributed by atoms with Gasteiger partial charge in [-0.05, 0) is 145 Å². The van der Waals surface area contributed by atoms with Gasteiger partial charge in [0.1, 0.15) is 11.5 Å². The Hall–Kier alpha value is -4.79. The number of aliphatic hydroxyl groups excluding tert-OH is 1. The molecule has 0 fully saturated rings. The van der Waals surface area contributed by atoms with Crippen LogP contribution in [0.5, 0.6) is 0 Å². The summed E-state index contributed by atoms with van der Waals surface area (Å²) < 4.78 is 5.71. The summed E-state index contributed by atoms with van der Waals surface area (Å²) in [6.07, 6.45) is 10.9. The lowest BCUT2D eigenvalue weighted by molar-refractivity contribution is -0.149. The van der Waals surface area contributed by atoms with Gasteiger partial charge in [0, 0.05) is 16.5 Å². The van der Waals surface area contributed by atoms with E-state index in [1.165, 1.54) is 0 Å². The predicted octanol–water partition coefficient (Wildman–Crippen LogP) is 7.75. The second-order valence-corrected chi connectivity index (χ2v) is 16.4. The summed E-state index contributed by atoms with van der Waals surface area (Å²) >= 11 is 5.11. The number of hydrogen-bond donors (Lipinski definition) is 3. The number of hydrogen-bond acceptors (Lipinski definition) is 6. The zero-order valence-electron chi connectivity index (χ0n) is 32.3. The number of esters is 1. The van der Waals surface area contributed by atoms with Crippen molar-refractivity contribution < 1.29 is 29.0 Å². The van der Waals surface area contributed by atoms with Gasteiger partial charge in [0.05, 0.1) is 27.6 Å². The first-order valence-corrected chi connectivity index (χ1v) is 16.9. The monoisotopic (exact) mass is 714 g/mol. The Morgan fingerprint density at radius 3 is 1.33 bits per heavy atom. The van der Waals surface area contributed by atoms with Gasteiger partial charge in [-0.25, -0.2) is 0 Å². The molecule has 8 nitrogen and oxygen atoms in total. The van der Waals surface area contributed by atoms with Crippen LogP contribution in [-0.4, -0.2) is 39.2 Å². The number of carbonyl (C=O) groups is 4. The molecule has 2 heterocycles. The van der Waals surface area contributed by atoms with Gasteiger partial charge < -0.3 is 20.5 Å². The lowest BCUT2D eigenvalue weighted by atomic mass is 9.91. The maximum atomic E-state index is 12.7. The van der Waals surface area contributed by atoms with Crippen LogP contribution < -0.4 is 10.6 Å². The van der Waals surface area contributed by atoms with Crippen molar-refractivity contribution in [1.82, 2.24) is 10.6 Å². The Morgan fingerprint density at radius 2 is 1.04 bits per heavy atom. The molecule has 2 amide bonds. The van der Waals surface area contributed by atoms with Crippen molar-refractivity contribution in [3.63, 3.8) is 0 Å². The molecular weight excluding hydrogens is 664 g/mol. The first kappa shape index (κ1) is 42.4. The fourth-order valence-electron chi connectivity index (χ4n) is 5.41. The zero-order chi connectivity index (χ0) is 39.6. The second kappa shape index (κ2) is 15.2. The van der Waals surface area contributed by atoms with Crippen LogP contribution in [0.1, 0.15) is 114 Å². The second-order valence-electron chi connectivity index (χ2n) is 16.0. The van der Waals surface area contributed by atoms with E-state index < -0.39 is 16.5 Å². The minimum atomic E-state index is -0.767. The fourth-order valence-corrected chi connectivity index (χ4v) is 5.41. The molecular formula is C42H51ClN2O6. The summed E-state index contributed by atoms with van der Waals surface area (Å²) in [6.45, 7) is 25.5. The molecule has 0 aliphatic carbocycles. The van der Waals surface area contributed by atoms with Crippen LogP contribution >= 0.6 is 11.6 Å². The highest BCUT2D eigenvalue weighted by molar-refractivity contribution is 6.64. The van der Waals surface area contributed by atoms with Gasteiger partial charge in [0.2, 0.25) is 5.24 Å². The molecule has 2 aliphatic rings. The third-order valence-electron chi connectivity index (χ3n) is 8.23. The first-order chi connectivity index (χ1) is 23.1. The van der Waals surface area contributed by atoms with Crippen molar-refractivity contribution in [2.75, 3.05) is 0 Å². The molecule has 2 aromatic carbocycles. The summed E-state index contributed by atoms with van der Waals surface area (Å²) in [5.74, 6) is 4.77. The summed E-state index contributed by atoms with van der Waals surface area (Å²) in [5.41, 5.74) is 4.81. The van der Waals surface area contributed by atoms with Gasteiger partial charge in [-0.2, -0.15) is 0 Å². The number of aryl methyl sites for hydroxylation is 4. The van der Waals surface area contributed by atoms with Crippen molar-refractivity contribution in [3.05, 3.63) is 80.3 Å². The van der Waals surface area contributed by atoms with E-state index >= 15 is 0 Å². The number of rotatable bonds is 3.